The molecule has 5 heteroatoms. The van der Waals surface area contributed by atoms with E-state index in [1.54, 1.807) is 0 Å². The Bertz CT molecular complexity index is 3630. The zero-order valence-electron chi connectivity index (χ0n) is 32.9. The van der Waals surface area contributed by atoms with Crippen molar-refractivity contribution < 1.29 is 0 Å². The van der Waals surface area contributed by atoms with Gasteiger partial charge in [-0.25, -0.2) is 19.9 Å². The first-order valence-corrected chi connectivity index (χ1v) is 20.6. The molecule has 61 heavy (non-hydrogen) atoms. The minimum atomic E-state index is 0.624. The van der Waals surface area contributed by atoms with Crippen LogP contribution in [0.4, 0.5) is 0 Å². The van der Waals surface area contributed by atoms with Crippen molar-refractivity contribution in [3.63, 3.8) is 0 Å². The minimum absolute atomic E-state index is 0.624. The monoisotopic (exact) mass is 777 g/mol. The van der Waals surface area contributed by atoms with Crippen molar-refractivity contribution in [2.75, 3.05) is 0 Å². The lowest BCUT2D eigenvalue weighted by Gasteiger charge is -2.13. The summed E-state index contributed by atoms with van der Waals surface area (Å²) in [4.78, 5) is 20.8. The predicted octanol–water partition coefficient (Wildman–Crippen LogP) is 14.2. The number of hydrogen-bond acceptors (Lipinski definition) is 4. The third kappa shape index (κ3) is 5.86. The van der Waals surface area contributed by atoms with Gasteiger partial charge in [-0.3, -0.25) is 0 Å². The molecule has 0 amide bonds. The van der Waals surface area contributed by atoms with E-state index in [1.165, 1.54) is 5.39 Å². The molecule has 12 aromatic rings. The summed E-state index contributed by atoms with van der Waals surface area (Å²) in [5.41, 5.74) is 11.4. The summed E-state index contributed by atoms with van der Waals surface area (Å²) < 4.78 is 2.38. The van der Waals surface area contributed by atoms with Gasteiger partial charge in [-0.2, -0.15) is 0 Å². The van der Waals surface area contributed by atoms with Gasteiger partial charge in [0.25, 0.3) is 0 Å². The van der Waals surface area contributed by atoms with Gasteiger partial charge in [0.05, 0.1) is 22.2 Å². The average molecular weight is 778 g/mol. The topological polar surface area (TPSA) is 56.5 Å². The summed E-state index contributed by atoms with van der Waals surface area (Å²) in [5, 5.41) is 8.01. The molecule has 12 rings (SSSR count). The highest BCUT2D eigenvalue weighted by atomic mass is 15.0. The van der Waals surface area contributed by atoms with Crippen LogP contribution in [0.2, 0.25) is 0 Å². The smallest absolute Gasteiger partial charge is 0.164 e. The van der Waals surface area contributed by atoms with Crippen molar-refractivity contribution in [3.05, 3.63) is 212 Å². The van der Waals surface area contributed by atoms with Crippen LogP contribution in [-0.2, 0) is 0 Å². The second-order valence-corrected chi connectivity index (χ2v) is 15.4. The molecule has 0 aliphatic rings. The third-order valence-electron chi connectivity index (χ3n) is 11.8. The first-order chi connectivity index (χ1) is 30.2. The average Bonchev–Trinajstić information content (AvgIpc) is 3.68. The SMILES string of the molecule is c1ccc(-c2nc(-c3cccc(-c4ccc5c(c4)c4ccc6c7ccccc7c(-c7ccccc7)nc6c4n5-c4ccccc4)c3)nc(-c3cccc4ccccc34)n2)cc1. The van der Waals surface area contributed by atoms with Gasteiger partial charge in [-0.1, -0.05) is 182 Å². The Morgan fingerprint density at radius 2 is 0.885 bits per heavy atom. The first-order valence-electron chi connectivity index (χ1n) is 20.6. The Labute approximate surface area is 351 Å². The van der Waals surface area contributed by atoms with E-state index in [-0.39, 0.29) is 0 Å². The zero-order valence-corrected chi connectivity index (χ0v) is 32.9. The summed E-state index contributed by atoms with van der Waals surface area (Å²) in [6, 6.07) is 74.5. The molecule has 0 unspecified atom stereocenters. The molecule has 9 aromatic carbocycles. The van der Waals surface area contributed by atoms with Crippen LogP contribution in [0.3, 0.4) is 0 Å². The number of para-hydroxylation sites is 1. The van der Waals surface area contributed by atoms with Crippen LogP contribution in [0.5, 0.6) is 0 Å². The highest BCUT2D eigenvalue weighted by Gasteiger charge is 2.20. The van der Waals surface area contributed by atoms with Crippen LogP contribution in [-0.4, -0.2) is 24.5 Å². The maximum absolute atomic E-state index is 5.54. The van der Waals surface area contributed by atoms with E-state index < -0.39 is 0 Å². The van der Waals surface area contributed by atoms with Crippen molar-refractivity contribution in [1.29, 1.82) is 0 Å². The standard InChI is InChI=1S/C56H35N5/c1-4-17-37(18-5-1)51-45-28-13-12-27-44(45)46-31-32-47-49-35-40(30-33-50(49)61(53(47)52(46)57-51)42-24-8-3-9-25-42)39-22-14-23-41(34-39)55-58-54(38-19-6-2-7-20-38)59-56(60-55)48-29-15-21-36-16-10-11-26-43(36)48/h1-35H. The Morgan fingerprint density at radius 1 is 0.311 bits per heavy atom. The molecular weight excluding hydrogens is 743 g/mol. The van der Waals surface area contributed by atoms with Crippen LogP contribution >= 0.6 is 0 Å². The molecule has 0 fully saturated rings. The summed E-state index contributed by atoms with van der Waals surface area (Å²) in [6.45, 7) is 0. The Hall–Kier alpha value is -8.28. The molecule has 5 nitrogen and oxygen atoms in total. The van der Waals surface area contributed by atoms with Gasteiger partial charge in [0, 0.05) is 49.5 Å². The quantitative estimate of drug-likeness (QED) is 0.158. The van der Waals surface area contributed by atoms with E-state index in [0.29, 0.717) is 17.5 Å². The lowest BCUT2D eigenvalue weighted by Crippen LogP contribution is -2.00. The van der Waals surface area contributed by atoms with Crippen molar-refractivity contribution in [1.82, 2.24) is 24.5 Å². The summed E-state index contributed by atoms with van der Waals surface area (Å²) in [7, 11) is 0. The van der Waals surface area contributed by atoms with Crippen molar-refractivity contribution >= 4 is 54.3 Å². The van der Waals surface area contributed by atoms with Crippen LogP contribution < -0.4 is 0 Å². The summed E-state index contributed by atoms with van der Waals surface area (Å²) >= 11 is 0. The second-order valence-electron chi connectivity index (χ2n) is 15.4. The van der Waals surface area contributed by atoms with Gasteiger partial charge < -0.3 is 4.57 Å². The fourth-order valence-corrected chi connectivity index (χ4v) is 8.96. The number of benzene rings is 9. The van der Waals surface area contributed by atoms with E-state index in [1.807, 2.05) is 30.3 Å². The van der Waals surface area contributed by atoms with E-state index in [4.69, 9.17) is 19.9 Å². The molecule has 0 bridgehead atoms. The lowest BCUT2D eigenvalue weighted by molar-refractivity contribution is 1.08. The normalized spacial score (nSPS) is 11.6. The Balaban J connectivity index is 1.06. The predicted molar refractivity (Wildman–Crippen MR) is 252 cm³/mol. The maximum atomic E-state index is 5.54. The highest BCUT2D eigenvalue weighted by Crippen LogP contribution is 2.42. The fourth-order valence-electron chi connectivity index (χ4n) is 8.96. The molecule has 0 N–H and O–H groups in total. The van der Waals surface area contributed by atoms with Crippen molar-refractivity contribution in [3.8, 4) is 62.2 Å². The molecular formula is C56H35N5. The molecule has 0 atom stereocenters. The van der Waals surface area contributed by atoms with E-state index >= 15 is 0 Å². The van der Waals surface area contributed by atoms with Crippen LogP contribution in [0.25, 0.3) is 116 Å². The maximum Gasteiger partial charge on any atom is 0.164 e. The minimum Gasteiger partial charge on any atom is -0.307 e. The van der Waals surface area contributed by atoms with Crippen LogP contribution in [0, 0.1) is 0 Å². The Kier molecular flexibility index (Phi) is 8.10. The molecule has 0 spiro atoms. The molecule has 0 saturated carbocycles. The van der Waals surface area contributed by atoms with Crippen LogP contribution in [0.1, 0.15) is 0 Å². The first kappa shape index (κ1) is 34.7. The molecule has 3 aromatic heterocycles. The Morgan fingerprint density at radius 3 is 1.69 bits per heavy atom. The van der Waals surface area contributed by atoms with Gasteiger partial charge in [0.2, 0.25) is 0 Å². The zero-order chi connectivity index (χ0) is 40.3. The van der Waals surface area contributed by atoms with Crippen molar-refractivity contribution in [2.45, 2.75) is 0 Å². The number of fused-ring (bicyclic) bond motifs is 8. The van der Waals surface area contributed by atoms with E-state index in [2.05, 4.69) is 187 Å². The van der Waals surface area contributed by atoms with E-state index in [9.17, 15) is 0 Å². The second kappa shape index (κ2) is 14.2. The number of hydrogen-bond donors (Lipinski definition) is 0. The molecule has 284 valence electrons. The number of rotatable bonds is 6. The largest absolute Gasteiger partial charge is 0.307 e. The summed E-state index contributed by atoms with van der Waals surface area (Å²) in [6.07, 6.45) is 0. The van der Waals surface area contributed by atoms with E-state index in [0.717, 1.165) is 93.6 Å². The number of pyridine rings is 1. The molecule has 0 saturated heterocycles. The fraction of sp³-hybridized carbons (Fsp3) is 0. The van der Waals surface area contributed by atoms with Crippen molar-refractivity contribution in [2.24, 2.45) is 0 Å². The summed E-state index contributed by atoms with van der Waals surface area (Å²) in [5.74, 6) is 1.91. The molecule has 0 radical (unpaired) electrons. The number of aromatic nitrogens is 5. The molecule has 0 aliphatic carbocycles. The molecule has 0 aliphatic heterocycles. The lowest BCUT2D eigenvalue weighted by atomic mass is 9.98. The third-order valence-corrected chi connectivity index (χ3v) is 11.8. The highest BCUT2D eigenvalue weighted by molar-refractivity contribution is 6.23. The van der Waals surface area contributed by atoms with Gasteiger partial charge in [0.1, 0.15) is 0 Å². The van der Waals surface area contributed by atoms with Gasteiger partial charge >= 0.3 is 0 Å². The molecule has 3 heterocycles. The number of nitrogens with zero attached hydrogens (tertiary/aromatic N) is 5. The van der Waals surface area contributed by atoms with Gasteiger partial charge in [-0.05, 0) is 57.6 Å². The van der Waals surface area contributed by atoms with Gasteiger partial charge in [0.15, 0.2) is 17.5 Å². The van der Waals surface area contributed by atoms with Crippen LogP contribution in [0.15, 0.2) is 212 Å². The van der Waals surface area contributed by atoms with Gasteiger partial charge in [-0.15, -0.1) is 0 Å².